The molecule has 0 aromatic carbocycles. The maximum absolute atomic E-state index is 11.4. The number of aromatic hydroxyl groups is 1. The van der Waals surface area contributed by atoms with Crippen molar-refractivity contribution < 1.29 is 14.6 Å². The highest BCUT2D eigenvalue weighted by Crippen LogP contribution is 2.04. The lowest BCUT2D eigenvalue weighted by Crippen LogP contribution is -2.37. The smallest absolute Gasteiger partial charge is 0.342 e. The van der Waals surface area contributed by atoms with E-state index in [0.717, 1.165) is 0 Å². The summed E-state index contributed by atoms with van der Waals surface area (Å²) in [6.07, 6.45) is 0. The lowest BCUT2D eigenvalue weighted by atomic mass is 10.2. The van der Waals surface area contributed by atoms with E-state index >= 15 is 0 Å². The summed E-state index contributed by atoms with van der Waals surface area (Å²) in [7, 11) is 0. The highest BCUT2D eigenvalue weighted by molar-refractivity contribution is 5.92. The molecule has 0 amide bonds. The summed E-state index contributed by atoms with van der Waals surface area (Å²) in [6, 6.07) is 0. The Morgan fingerprint density at radius 3 is 2.67 bits per heavy atom. The number of pyridine rings is 1. The molecule has 5 nitrogen and oxygen atoms in total. The summed E-state index contributed by atoms with van der Waals surface area (Å²) in [6.45, 7) is 8.79. The van der Waals surface area contributed by atoms with E-state index in [9.17, 15) is 14.7 Å². The number of H-pyrrole nitrogens is 1. The summed E-state index contributed by atoms with van der Waals surface area (Å²) < 4.78 is 4.68. The van der Waals surface area contributed by atoms with Gasteiger partial charge in [0, 0.05) is 10.6 Å². The fourth-order valence-electron chi connectivity index (χ4n) is 1.10. The van der Waals surface area contributed by atoms with Crippen LogP contribution in [0.15, 0.2) is 4.79 Å². The SMILES string of the molecule is C=c1[nH]c(=O)c(O)c(C(=O)OCC)c1=C. The molecule has 0 unspecified atom stereocenters. The van der Waals surface area contributed by atoms with Crippen molar-refractivity contribution in [1.29, 1.82) is 0 Å². The average molecular weight is 209 g/mol. The number of aromatic amines is 1. The molecule has 0 saturated carbocycles. The minimum Gasteiger partial charge on any atom is -0.502 e. The summed E-state index contributed by atoms with van der Waals surface area (Å²) in [5.74, 6) is -1.47. The standard InChI is InChI=1S/C10H11NO4/c1-4-15-10(14)7-5(2)6(3)11-9(13)8(7)12/h12H,2-4H2,1H3,(H,11,13). The van der Waals surface area contributed by atoms with Gasteiger partial charge in [0.2, 0.25) is 0 Å². The number of nitrogens with one attached hydrogen (secondary N) is 1. The van der Waals surface area contributed by atoms with E-state index < -0.39 is 17.3 Å². The first-order chi connectivity index (χ1) is 6.99. The van der Waals surface area contributed by atoms with E-state index in [1.54, 1.807) is 6.92 Å². The zero-order valence-corrected chi connectivity index (χ0v) is 8.29. The minimum atomic E-state index is -0.782. The van der Waals surface area contributed by atoms with Crippen LogP contribution in [-0.4, -0.2) is 22.7 Å². The molecular formula is C10H11NO4. The Bertz CT molecular complexity index is 544. The molecule has 0 saturated heterocycles. The first-order valence-corrected chi connectivity index (χ1v) is 4.29. The van der Waals surface area contributed by atoms with Crippen LogP contribution in [-0.2, 0) is 4.74 Å². The van der Waals surface area contributed by atoms with Crippen LogP contribution in [0.3, 0.4) is 0 Å². The van der Waals surface area contributed by atoms with Gasteiger partial charge in [-0.2, -0.15) is 0 Å². The van der Waals surface area contributed by atoms with Gasteiger partial charge < -0.3 is 14.8 Å². The van der Waals surface area contributed by atoms with Crippen LogP contribution in [0.4, 0.5) is 0 Å². The fourth-order valence-corrected chi connectivity index (χ4v) is 1.10. The highest BCUT2D eigenvalue weighted by Gasteiger charge is 2.16. The van der Waals surface area contributed by atoms with E-state index in [-0.39, 0.29) is 22.7 Å². The van der Waals surface area contributed by atoms with Gasteiger partial charge in [-0.3, -0.25) is 4.79 Å². The molecule has 2 N–H and O–H groups in total. The van der Waals surface area contributed by atoms with Crippen LogP contribution >= 0.6 is 0 Å². The van der Waals surface area contributed by atoms with E-state index in [2.05, 4.69) is 22.9 Å². The van der Waals surface area contributed by atoms with Gasteiger partial charge in [0.25, 0.3) is 5.56 Å². The molecule has 0 aliphatic carbocycles. The molecule has 15 heavy (non-hydrogen) atoms. The lowest BCUT2D eigenvalue weighted by Gasteiger charge is -2.04. The number of rotatable bonds is 2. The second-order valence-corrected chi connectivity index (χ2v) is 2.86. The van der Waals surface area contributed by atoms with Crippen molar-refractivity contribution in [3.8, 4) is 5.75 Å². The van der Waals surface area contributed by atoms with Crippen LogP contribution in [0.25, 0.3) is 13.2 Å². The van der Waals surface area contributed by atoms with Gasteiger partial charge in [-0.25, -0.2) is 4.79 Å². The summed E-state index contributed by atoms with van der Waals surface area (Å²) in [5, 5.41) is 9.73. The van der Waals surface area contributed by atoms with Gasteiger partial charge in [0.05, 0.1) is 6.61 Å². The predicted molar refractivity (Wildman–Crippen MR) is 55.0 cm³/mol. The predicted octanol–water partition coefficient (Wildman–Crippen LogP) is -0.922. The molecule has 1 aromatic heterocycles. The third kappa shape index (κ3) is 1.90. The van der Waals surface area contributed by atoms with Crippen LogP contribution in [0.5, 0.6) is 5.75 Å². The third-order valence-electron chi connectivity index (χ3n) is 1.86. The van der Waals surface area contributed by atoms with Crippen molar-refractivity contribution in [3.63, 3.8) is 0 Å². The number of ether oxygens (including phenoxy) is 1. The number of hydrogen-bond acceptors (Lipinski definition) is 4. The largest absolute Gasteiger partial charge is 0.502 e. The Hall–Kier alpha value is -2.04. The normalized spacial score (nSPS) is 9.93. The van der Waals surface area contributed by atoms with Crippen molar-refractivity contribution in [1.82, 2.24) is 4.98 Å². The van der Waals surface area contributed by atoms with Crippen LogP contribution in [0, 0.1) is 0 Å². The van der Waals surface area contributed by atoms with Gasteiger partial charge >= 0.3 is 5.97 Å². The van der Waals surface area contributed by atoms with Gasteiger partial charge in [-0.05, 0) is 6.92 Å². The fraction of sp³-hybridized carbons (Fsp3) is 0.200. The quantitative estimate of drug-likeness (QED) is 0.617. The van der Waals surface area contributed by atoms with Gasteiger partial charge in [0.1, 0.15) is 5.56 Å². The van der Waals surface area contributed by atoms with Gasteiger partial charge in [-0.15, -0.1) is 0 Å². The van der Waals surface area contributed by atoms with Gasteiger partial charge in [0.15, 0.2) is 5.75 Å². The average Bonchev–Trinajstić information content (AvgIpc) is 2.16. The molecule has 1 aromatic rings. The molecule has 5 heteroatoms. The second-order valence-electron chi connectivity index (χ2n) is 2.86. The third-order valence-corrected chi connectivity index (χ3v) is 1.86. The van der Waals surface area contributed by atoms with Crippen molar-refractivity contribution in [2.45, 2.75) is 6.92 Å². The summed E-state index contributed by atoms with van der Waals surface area (Å²) in [4.78, 5) is 24.8. The molecule has 80 valence electrons. The Morgan fingerprint density at radius 1 is 1.53 bits per heavy atom. The van der Waals surface area contributed by atoms with Gasteiger partial charge in [-0.1, -0.05) is 13.2 Å². The molecule has 1 heterocycles. The van der Waals surface area contributed by atoms with Crippen molar-refractivity contribution in [2.75, 3.05) is 6.61 Å². The van der Waals surface area contributed by atoms with E-state index in [1.807, 2.05) is 0 Å². The van der Waals surface area contributed by atoms with Crippen molar-refractivity contribution in [3.05, 3.63) is 26.5 Å². The van der Waals surface area contributed by atoms with E-state index in [1.165, 1.54) is 0 Å². The maximum Gasteiger partial charge on any atom is 0.342 e. The summed E-state index contributed by atoms with van der Waals surface area (Å²) >= 11 is 0. The number of carbonyl (C=O) groups is 1. The number of esters is 1. The second kappa shape index (κ2) is 4.00. The topological polar surface area (TPSA) is 79.4 Å². The first-order valence-electron chi connectivity index (χ1n) is 4.29. The minimum absolute atomic E-state index is 0.150. The number of carbonyl (C=O) groups excluding carboxylic acids is 1. The molecule has 0 spiro atoms. The highest BCUT2D eigenvalue weighted by atomic mass is 16.5. The summed E-state index contributed by atoms with van der Waals surface area (Å²) in [5.41, 5.74) is -1.01. The molecular weight excluding hydrogens is 198 g/mol. The van der Waals surface area contributed by atoms with Crippen LogP contribution in [0.2, 0.25) is 0 Å². The van der Waals surface area contributed by atoms with Crippen LogP contribution in [0.1, 0.15) is 17.3 Å². The zero-order chi connectivity index (χ0) is 11.6. The molecule has 0 radical (unpaired) electrons. The Balaban J connectivity index is 3.54. The first kappa shape index (κ1) is 11.0. The molecule has 0 fully saturated rings. The Morgan fingerprint density at radius 2 is 2.13 bits per heavy atom. The number of aromatic nitrogens is 1. The van der Waals surface area contributed by atoms with E-state index in [0.29, 0.717) is 0 Å². The monoisotopic (exact) mass is 209 g/mol. The molecule has 1 rings (SSSR count). The van der Waals surface area contributed by atoms with Crippen molar-refractivity contribution in [2.24, 2.45) is 0 Å². The molecule has 0 aliphatic rings. The Kier molecular flexibility index (Phi) is 2.94. The Labute approximate surface area is 85.3 Å². The van der Waals surface area contributed by atoms with Crippen LogP contribution < -0.4 is 16.1 Å². The molecule has 0 aliphatic heterocycles. The molecule has 0 atom stereocenters. The molecule has 0 bridgehead atoms. The maximum atomic E-state index is 11.4. The lowest BCUT2D eigenvalue weighted by molar-refractivity contribution is 0.0521. The number of hydrogen-bond donors (Lipinski definition) is 2. The van der Waals surface area contributed by atoms with Crippen molar-refractivity contribution >= 4 is 19.1 Å². The van der Waals surface area contributed by atoms with E-state index in [4.69, 9.17) is 0 Å². The zero-order valence-electron chi connectivity index (χ0n) is 8.29.